The van der Waals surface area contributed by atoms with Gasteiger partial charge in [0.1, 0.15) is 5.82 Å². The molecule has 0 aliphatic carbocycles. The van der Waals surface area contributed by atoms with Crippen molar-refractivity contribution in [2.75, 3.05) is 0 Å². The highest BCUT2D eigenvalue weighted by Crippen LogP contribution is 2.23. The fraction of sp³-hybridized carbons (Fsp3) is 0.348. The minimum atomic E-state index is -0.970. The van der Waals surface area contributed by atoms with Crippen molar-refractivity contribution in [2.24, 2.45) is 0 Å². The van der Waals surface area contributed by atoms with E-state index < -0.39 is 5.97 Å². The average molecular weight is 406 g/mol. The molecule has 0 aliphatic heterocycles. The summed E-state index contributed by atoms with van der Waals surface area (Å²) in [5, 5.41) is 13.8. The lowest BCUT2D eigenvalue weighted by Gasteiger charge is -2.07. The molecule has 0 atom stereocenters. The van der Waals surface area contributed by atoms with Crippen molar-refractivity contribution < 1.29 is 14.7 Å². The smallest absolute Gasteiger partial charge is 0.336 e. The van der Waals surface area contributed by atoms with Crippen LogP contribution in [0.1, 0.15) is 72.0 Å². The summed E-state index contributed by atoms with van der Waals surface area (Å²) < 4.78 is 1.79. The first kappa shape index (κ1) is 21.4. The normalized spacial score (nSPS) is 10.9. The van der Waals surface area contributed by atoms with Crippen LogP contribution in [0, 0.1) is 0 Å². The number of rotatable bonds is 10. The first-order chi connectivity index (χ1) is 14.5. The predicted octanol–water partition coefficient (Wildman–Crippen LogP) is 4.41. The Balaban J connectivity index is 1.82. The van der Waals surface area contributed by atoms with Crippen molar-refractivity contribution in [3.8, 4) is 11.1 Å². The lowest BCUT2D eigenvalue weighted by Crippen LogP contribution is -2.07. The number of Topliss-reactive ketones (excluding diaryl/α,β-unsaturated/α-hetero) is 1. The molecule has 0 saturated carbocycles. The highest BCUT2D eigenvalue weighted by Gasteiger charge is 2.17. The molecule has 7 heteroatoms. The van der Waals surface area contributed by atoms with Gasteiger partial charge in [-0.2, -0.15) is 0 Å². The van der Waals surface area contributed by atoms with Crippen LogP contribution < -0.4 is 0 Å². The predicted molar refractivity (Wildman–Crippen MR) is 114 cm³/mol. The number of carboxylic acids is 1. The van der Waals surface area contributed by atoms with Crippen LogP contribution in [0.4, 0.5) is 0 Å². The summed E-state index contributed by atoms with van der Waals surface area (Å²) in [5.41, 5.74) is 2.39. The molecule has 0 unspecified atom stereocenters. The van der Waals surface area contributed by atoms with E-state index in [-0.39, 0.29) is 17.2 Å². The van der Waals surface area contributed by atoms with Gasteiger partial charge >= 0.3 is 5.97 Å². The van der Waals surface area contributed by atoms with Gasteiger partial charge < -0.3 is 5.11 Å². The Hall–Kier alpha value is -3.35. The van der Waals surface area contributed by atoms with Gasteiger partial charge in [0.15, 0.2) is 0 Å². The first-order valence-electron chi connectivity index (χ1n) is 10.3. The number of carbonyl (C=O) groups is 2. The van der Waals surface area contributed by atoms with E-state index >= 15 is 0 Å². The van der Waals surface area contributed by atoms with Crippen molar-refractivity contribution >= 4 is 11.8 Å². The van der Waals surface area contributed by atoms with E-state index in [0.717, 1.165) is 30.5 Å². The van der Waals surface area contributed by atoms with Gasteiger partial charge in [-0.3, -0.25) is 9.78 Å². The standard InChI is InChI=1S/C23H26N4O3/c1-3-5-10-20(28)22-25-21(27(26-22)13-4-2)14-17-12-11-16(15-24-17)18-8-6-7-9-19(18)23(29)30/h6-9,11-12,15H,3-5,10,13-14H2,1-2H3,(H,29,30). The Morgan fingerprint density at radius 1 is 1.07 bits per heavy atom. The van der Waals surface area contributed by atoms with E-state index in [2.05, 4.69) is 22.0 Å². The number of pyridine rings is 1. The van der Waals surface area contributed by atoms with Gasteiger partial charge in [-0.15, -0.1) is 5.10 Å². The summed E-state index contributed by atoms with van der Waals surface area (Å²) in [7, 11) is 0. The highest BCUT2D eigenvalue weighted by atomic mass is 16.4. The molecule has 7 nitrogen and oxygen atoms in total. The van der Waals surface area contributed by atoms with E-state index in [4.69, 9.17) is 0 Å². The second kappa shape index (κ2) is 9.91. The van der Waals surface area contributed by atoms with E-state index in [1.807, 2.05) is 19.1 Å². The number of carbonyl (C=O) groups excluding carboxylic acids is 1. The first-order valence-corrected chi connectivity index (χ1v) is 10.3. The Bertz CT molecular complexity index is 1030. The summed E-state index contributed by atoms with van der Waals surface area (Å²) in [6, 6.07) is 10.6. The lowest BCUT2D eigenvalue weighted by atomic mass is 10.0. The van der Waals surface area contributed by atoms with Gasteiger partial charge in [-0.25, -0.2) is 14.5 Å². The summed E-state index contributed by atoms with van der Waals surface area (Å²) >= 11 is 0. The summed E-state index contributed by atoms with van der Waals surface area (Å²) in [6.45, 7) is 4.79. The summed E-state index contributed by atoms with van der Waals surface area (Å²) in [4.78, 5) is 32.7. The second-order valence-corrected chi connectivity index (χ2v) is 7.17. The number of aromatic carboxylic acids is 1. The molecule has 0 radical (unpaired) electrons. The van der Waals surface area contributed by atoms with Crippen LogP contribution in [-0.2, 0) is 13.0 Å². The quantitative estimate of drug-likeness (QED) is 0.501. The maximum Gasteiger partial charge on any atom is 0.336 e. The van der Waals surface area contributed by atoms with Gasteiger partial charge in [0.2, 0.25) is 11.6 Å². The van der Waals surface area contributed by atoms with Gasteiger partial charge in [0, 0.05) is 36.8 Å². The zero-order chi connectivity index (χ0) is 21.5. The number of hydrogen-bond acceptors (Lipinski definition) is 5. The molecule has 0 saturated heterocycles. The van der Waals surface area contributed by atoms with Gasteiger partial charge in [0.05, 0.1) is 5.56 Å². The van der Waals surface area contributed by atoms with E-state index in [1.54, 1.807) is 35.1 Å². The van der Waals surface area contributed by atoms with Crippen molar-refractivity contribution in [1.29, 1.82) is 0 Å². The van der Waals surface area contributed by atoms with Crippen LogP contribution in [0.15, 0.2) is 42.6 Å². The maximum atomic E-state index is 12.3. The zero-order valence-electron chi connectivity index (χ0n) is 17.3. The summed E-state index contributed by atoms with van der Waals surface area (Å²) in [5.74, 6) is -0.00839. The SMILES string of the molecule is CCCCC(=O)c1nc(Cc2ccc(-c3ccccc3C(=O)O)cn2)n(CCC)n1. The molecule has 0 amide bonds. The monoisotopic (exact) mass is 406 g/mol. The molecule has 2 heterocycles. The van der Waals surface area contributed by atoms with Crippen molar-refractivity contribution in [3.05, 3.63) is 65.5 Å². The van der Waals surface area contributed by atoms with E-state index in [1.165, 1.54) is 0 Å². The molecule has 0 bridgehead atoms. The number of nitrogens with zero attached hydrogens (tertiary/aromatic N) is 4. The second-order valence-electron chi connectivity index (χ2n) is 7.17. The van der Waals surface area contributed by atoms with Gasteiger partial charge in [-0.1, -0.05) is 44.5 Å². The maximum absolute atomic E-state index is 12.3. The minimum absolute atomic E-state index is 0.0264. The Morgan fingerprint density at radius 3 is 2.53 bits per heavy atom. The van der Waals surface area contributed by atoms with Crippen LogP contribution in [0.5, 0.6) is 0 Å². The number of unbranched alkanes of at least 4 members (excludes halogenated alkanes) is 1. The van der Waals surface area contributed by atoms with Crippen LogP contribution in [0.25, 0.3) is 11.1 Å². The third kappa shape index (κ3) is 4.97. The molecule has 30 heavy (non-hydrogen) atoms. The van der Waals surface area contributed by atoms with Crippen molar-refractivity contribution in [3.63, 3.8) is 0 Å². The molecule has 1 aromatic carbocycles. The largest absolute Gasteiger partial charge is 0.478 e. The van der Waals surface area contributed by atoms with Crippen LogP contribution in [-0.4, -0.2) is 36.6 Å². The number of carboxylic acid groups (broad SMARTS) is 1. The third-order valence-electron chi connectivity index (χ3n) is 4.82. The van der Waals surface area contributed by atoms with Crippen molar-refractivity contribution in [1.82, 2.24) is 19.7 Å². The topological polar surface area (TPSA) is 98.0 Å². The molecule has 3 rings (SSSR count). The molecule has 0 aliphatic rings. The molecule has 3 aromatic rings. The Labute approximate surface area is 175 Å². The van der Waals surface area contributed by atoms with Crippen molar-refractivity contribution in [2.45, 2.75) is 52.5 Å². The van der Waals surface area contributed by atoms with Gasteiger partial charge in [0.25, 0.3) is 0 Å². The molecule has 156 valence electrons. The Morgan fingerprint density at radius 2 is 1.87 bits per heavy atom. The number of aromatic nitrogens is 4. The van der Waals surface area contributed by atoms with E-state index in [0.29, 0.717) is 30.8 Å². The number of ketones is 1. The third-order valence-corrected chi connectivity index (χ3v) is 4.82. The molecular formula is C23H26N4O3. The van der Waals surface area contributed by atoms with E-state index in [9.17, 15) is 14.7 Å². The van der Waals surface area contributed by atoms with Crippen LogP contribution in [0.3, 0.4) is 0 Å². The van der Waals surface area contributed by atoms with Crippen LogP contribution >= 0.6 is 0 Å². The molecule has 1 N–H and O–H groups in total. The molecule has 0 fully saturated rings. The highest BCUT2D eigenvalue weighted by molar-refractivity contribution is 5.95. The van der Waals surface area contributed by atoms with Gasteiger partial charge in [-0.05, 0) is 30.5 Å². The molecule has 2 aromatic heterocycles. The number of hydrogen-bond donors (Lipinski definition) is 1. The molecule has 0 spiro atoms. The number of aryl methyl sites for hydroxylation is 1. The fourth-order valence-electron chi connectivity index (χ4n) is 3.23. The lowest BCUT2D eigenvalue weighted by molar-refractivity contribution is 0.0697. The fourth-order valence-corrected chi connectivity index (χ4v) is 3.23. The zero-order valence-corrected chi connectivity index (χ0v) is 17.3. The average Bonchev–Trinajstić information content (AvgIpc) is 3.15. The minimum Gasteiger partial charge on any atom is -0.478 e. The van der Waals surface area contributed by atoms with Crippen LogP contribution in [0.2, 0.25) is 0 Å². The summed E-state index contributed by atoms with van der Waals surface area (Å²) in [6.07, 6.45) is 5.26. The molecular weight excluding hydrogens is 380 g/mol. The number of benzene rings is 1. The Kier molecular flexibility index (Phi) is 7.06.